The molecule has 2 aromatic carbocycles. The Balaban J connectivity index is 1.70. The minimum absolute atomic E-state index is 0.115. The van der Waals surface area contributed by atoms with Gasteiger partial charge in [0, 0.05) is 23.5 Å². The van der Waals surface area contributed by atoms with Crippen LogP contribution in [0.25, 0.3) is 0 Å². The van der Waals surface area contributed by atoms with Gasteiger partial charge in [0.2, 0.25) is 11.9 Å². The third-order valence-corrected chi connectivity index (χ3v) is 4.21. The van der Waals surface area contributed by atoms with E-state index in [1.165, 1.54) is 18.5 Å². The molecular formula is C21H17N5O2. The highest BCUT2D eigenvalue weighted by atomic mass is 16.1. The molecular weight excluding hydrogens is 354 g/mol. The van der Waals surface area contributed by atoms with Crippen molar-refractivity contribution in [1.29, 1.82) is 5.26 Å². The Morgan fingerprint density at radius 3 is 2.32 bits per heavy atom. The van der Waals surface area contributed by atoms with Gasteiger partial charge in [0.05, 0.1) is 23.2 Å². The second kappa shape index (κ2) is 8.10. The highest BCUT2D eigenvalue weighted by Gasteiger charge is 2.12. The lowest BCUT2D eigenvalue weighted by atomic mass is 10.0. The van der Waals surface area contributed by atoms with Crippen molar-refractivity contribution in [3.8, 4) is 6.07 Å². The van der Waals surface area contributed by atoms with Gasteiger partial charge in [-0.2, -0.15) is 5.26 Å². The molecule has 0 aliphatic rings. The summed E-state index contributed by atoms with van der Waals surface area (Å²) < 4.78 is 0. The van der Waals surface area contributed by atoms with Crippen molar-refractivity contribution in [3.63, 3.8) is 0 Å². The summed E-state index contributed by atoms with van der Waals surface area (Å²) in [4.78, 5) is 32.0. The number of nitrogens with one attached hydrogen (secondary N) is 1. The highest BCUT2D eigenvalue weighted by Crippen LogP contribution is 2.18. The zero-order valence-electron chi connectivity index (χ0n) is 15.1. The number of carbonyl (C=O) groups is 2. The first-order valence-corrected chi connectivity index (χ1v) is 8.51. The van der Waals surface area contributed by atoms with Crippen molar-refractivity contribution in [1.82, 2.24) is 9.97 Å². The molecule has 0 saturated carbocycles. The summed E-state index contributed by atoms with van der Waals surface area (Å²) in [5.41, 5.74) is 7.77. The fourth-order valence-electron chi connectivity index (χ4n) is 2.63. The minimum atomic E-state index is -0.476. The Bertz CT molecular complexity index is 1050. The smallest absolute Gasteiger partial charge is 0.248 e. The van der Waals surface area contributed by atoms with E-state index in [1.54, 1.807) is 42.5 Å². The molecule has 1 heterocycles. The fraction of sp³-hybridized carbons (Fsp3) is 0.0952. The first-order chi connectivity index (χ1) is 13.5. The number of nitriles is 1. The van der Waals surface area contributed by atoms with Gasteiger partial charge in [-0.05, 0) is 36.8 Å². The summed E-state index contributed by atoms with van der Waals surface area (Å²) in [6, 6.07) is 15.3. The van der Waals surface area contributed by atoms with Crippen LogP contribution in [0.15, 0.2) is 60.9 Å². The standard InChI is InChI=1S/C21H17N5O2/c1-13(15-5-7-16(8-6-15)20(23)28)26-21-24-11-18(12-25-21)19(27)17-4-2-3-14(9-17)10-22/h2-9,11-13H,1H3,(H2,23,28)(H,24,25,26)/t13-/m1/s1. The first-order valence-electron chi connectivity index (χ1n) is 8.51. The van der Waals surface area contributed by atoms with Crippen LogP contribution in [0.2, 0.25) is 0 Å². The third-order valence-electron chi connectivity index (χ3n) is 4.21. The van der Waals surface area contributed by atoms with Crippen molar-refractivity contribution in [2.75, 3.05) is 5.32 Å². The Kier molecular flexibility index (Phi) is 5.42. The minimum Gasteiger partial charge on any atom is -0.366 e. The largest absolute Gasteiger partial charge is 0.366 e. The quantitative estimate of drug-likeness (QED) is 0.643. The summed E-state index contributed by atoms with van der Waals surface area (Å²) in [5.74, 6) is -0.358. The molecule has 0 bridgehead atoms. The molecule has 3 N–H and O–H groups in total. The zero-order valence-corrected chi connectivity index (χ0v) is 15.1. The molecule has 3 aromatic rings. The van der Waals surface area contributed by atoms with Crippen LogP contribution in [0.4, 0.5) is 5.95 Å². The molecule has 3 rings (SSSR count). The summed E-state index contributed by atoms with van der Waals surface area (Å²) >= 11 is 0. The summed E-state index contributed by atoms with van der Waals surface area (Å²) in [7, 11) is 0. The van der Waals surface area contributed by atoms with Crippen LogP contribution in [0.3, 0.4) is 0 Å². The van der Waals surface area contributed by atoms with Gasteiger partial charge in [-0.25, -0.2) is 9.97 Å². The van der Waals surface area contributed by atoms with Crippen LogP contribution < -0.4 is 11.1 Å². The van der Waals surface area contributed by atoms with Crippen molar-refractivity contribution in [3.05, 3.63) is 88.7 Å². The molecule has 0 radical (unpaired) electrons. The molecule has 0 aliphatic carbocycles. The molecule has 0 saturated heterocycles. The second-order valence-electron chi connectivity index (χ2n) is 6.17. The van der Waals surface area contributed by atoms with Gasteiger partial charge in [-0.15, -0.1) is 0 Å². The highest BCUT2D eigenvalue weighted by molar-refractivity contribution is 6.08. The number of benzene rings is 2. The molecule has 1 aromatic heterocycles. The number of anilines is 1. The van der Waals surface area contributed by atoms with E-state index in [1.807, 2.05) is 13.0 Å². The molecule has 0 spiro atoms. The number of rotatable bonds is 6. The maximum Gasteiger partial charge on any atom is 0.248 e. The number of ketones is 1. The zero-order chi connectivity index (χ0) is 20.1. The molecule has 7 nitrogen and oxygen atoms in total. The number of primary amides is 1. The van der Waals surface area contributed by atoms with Crippen molar-refractivity contribution in [2.45, 2.75) is 13.0 Å². The monoisotopic (exact) mass is 371 g/mol. The molecule has 1 amide bonds. The number of aromatic nitrogens is 2. The lowest BCUT2D eigenvalue weighted by molar-refractivity contribution is 0.0998. The predicted octanol–water partition coefficient (Wildman–Crippen LogP) is 2.85. The molecule has 138 valence electrons. The van der Waals surface area contributed by atoms with E-state index < -0.39 is 5.91 Å². The average molecular weight is 371 g/mol. The van der Waals surface area contributed by atoms with E-state index in [-0.39, 0.29) is 11.8 Å². The predicted molar refractivity (Wildman–Crippen MR) is 104 cm³/mol. The van der Waals surface area contributed by atoms with Crippen LogP contribution in [0.1, 0.15) is 50.4 Å². The van der Waals surface area contributed by atoms with Crippen LogP contribution in [0.5, 0.6) is 0 Å². The van der Waals surface area contributed by atoms with Gasteiger partial charge in [0.1, 0.15) is 0 Å². The number of amides is 1. The number of hydrogen-bond donors (Lipinski definition) is 2. The summed E-state index contributed by atoms with van der Waals surface area (Å²) in [6.07, 6.45) is 2.89. The molecule has 0 aliphatic heterocycles. The number of hydrogen-bond acceptors (Lipinski definition) is 6. The van der Waals surface area contributed by atoms with Gasteiger partial charge < -0.3 is 11.1 Å². The fourth-order valence-corrected chi connectivity index (χ4v) is 2.63. The maximum atomic E-state index is 12.5. The lowest BCUT2D eigenvalue weighted by Gasteiger charge is -2.14. The average Bonchev–Trinajstić information content (AvgIpc) is 2.73. The third kappa shape index (κ3) is 4.19. The van der Waals surface area contributed by atoms with Crippen molar-refractivity contribution >= 4 is 17.6 Å². The van der Waals surface area contributed by atoms with Gasteiger partial charge in [0.15, 0.2) is 5.78 Å². The molecule has 1 atom stereocenters. The normalized spacial score (nSPS) is 11.3. The molecule has 0 unspecified atom stereocenters. The molecule has 7 heteroatoms. The van der Waals surface area contributed by atoms with Gasteiger partial charge >= 0.3 is 0 Å². The second-order valence-corrected chi connectivity index (χ2v) is 6.17. The topological polar surface area (TPSA) is 122 Å². The van der Waals surface area contributed by atoms with Crippen LogP contribution in [0, 0.1) is 11.3 Å². The lowest BCUT2D eigenvalue weighted by Crippen LogP contribution is -2.13. The van der Waals surface area contributed by atoms with Crippen LogP contribution in [-0.4, -0.2) is 21.7 Å². The van der Waals surface area contributed by atoms with E-state index >= 15 is 0 Å². The number of carbonyl (C=O) groups excluding carboxylic acids is 2. The van der Waals surface area contributed by atoms with E-state index in [0.29, 0.717) is 28.2 Å². The van der Waals surface area contributed by atoms with E-state index in [2.05, 4.69) is 15.3 Å². The maximum absolute atomic E-state index is 12.5. The van der Waals surface area contributed by atoms with E-state index in [9.17, 15) is 9.59 Å². The summed E-state index contributed by atoms with van der Waals surface area (Å²) in [5, 5.41) is 12.1. The van der Waals surface area contributed by atoms with Gasteiger partial charge in [-0.3, -0.25) is 9.59 Å². The Labute approximate surface area is 161 Å². The van der Waals surface area contributed by atoms with Crippen LogP contribution >= 0.6 is 0 Å². The van der Waals surface area contributed by atoms with Crippen LogP contribution in [-0.2, 0) is 0 Å². The summed E-state index contributed by atoms with van der Waals surface area (Å²) in [6.45, 7) is 1.93. The molecule has 0 fully saturated rings. The van der Waals surface area contributed by atoms with E-state index in [4.69, 9.17) is 11.0 Å². The van der Waals surface area contributed by atoms with Gasteiger partial charge in [-0.1, -0.05) is 24.3 Å². The van der Waals surface area contributed by atoms with E-state index in [0.717, 1.165) is 5.56 Å². The Morgan fingerprint density at radius 1 is 1.04 bits per heavy atom. The Hall–Kier alpha value is -4.05. The van der Waals surface area contributed by atoms with Gasteiger partial charge in [0.25, 0.3) is 0 Å². The van der Waals surface area contributed by atoms with Crippen molar-refractivity contribution < 1.29 is 9.59 Å². The SMILES string of the molecule is C[C@@H](Nc1ncc(C(=O)c2cccc(C#N)c2)cn1)c1ccc(C(N)=O)cc1. The first kappa shape index (κ1) is 18.7. The molecule has 28 heavy (non-hydrogen) atoms. The number of nitrogens with two attached hydrogens (primary N) is 1. The van der Waals surface area contributed by atoms with Crippen molar-refractivity contribution in [2.24, 2.45) is 5.73 Å². The Morgan fingerprint density at radius 2 is 1.71 bits per heavy atom. The number of nitrogens with zero attached hydrogens (tertiary/aromatic N) is 3.